The fourth-order valence-corrected chi connectivity index (χ4v) is 6.47. The molecule has 4 nitrogen and oxygen atoms in total. The molecule has 0 saturated heterocycles. The number of ether oxygens (including phenoxy) is 1. The van der Waals surface area contributed by atoms with Crippen LogP contribution in [0.2, 0.25) is 0 Å². The number of halogens is 1. The van der Waals surface area contributed by atoms with E-state index < -0.39 is 0 Å². The van der Waals surface area contributed by atoms with E-state index in [1.54, 1.807) is 0 Å². The molecule has 0 aliphatic heterocycles. The summed E-state index contributed by atoms with van der Waals surface area (Å²) in [5, 5.41) is 2.34. The third-order valence-electron chi connectivity index (χ3n) is 8.60. The number of hydrogen-bond acceptors (Lipinski definition) is 2. The van der Waals surface area contributed by atoms with Crippen LogP contribution in [0.5, 0.6) is 11.5 Å². The molecule has 0 atom stereocenters. The van der Waals surface area contributed by atoms with Gasteiger partial charge in [0.1, 0.15) is 50.7 Å². The van der Waals surface area contributed by atoms with Crippen molar-refractivity contribution in [2.75, 3.05) is 0 Å². The van der Waals surface area contributed by atoms with Crippen LogP contribution in [0.3, 0.4) is 0 Å². The number of hydrogen-bond donors (Lipinski definition) is 0. The molecule has 5 aromatic carbocycles. The third kappa shape index (κ3) is 4.07. The summed E-state index contributed by atoms with van der Waals surface area (Å²) in [5.74, 6) is 2.42. The maximum atomic E-state index is 6.34. The van der Waals surface area contributed by atoms with Crippen molar-refractivity contribution in [3.63, 3.8) is 0 Å². The van der Waals surface area contributed by atoms with E-state index >= 15 is 0 Å². The van der Waals surface area contributed by atoms with Crippen LogP contribution in [0.25, 0.3) is 44.5 Å². The molecule has 0 aliphatic rings. The van der Waals surface area contributed by atoms with Gasteiger partial charge in [0, 0.05) is 27.0 Å². The molecule has 0 bridgehead atoms. The van der Waals surface area contributed by atoms with Gasteiger partial charge in [0.15, 0.2) is 0 Å². The van der Waals surface area contributed by atoms with Gasteiger partial charge in [0.25, 0.3) is 0 Å². The molecular weight excluding hydrogens is 564 g/mol. The predicted octanol–water partition coefficient (Wildman–Crippen LogP) is -0.0306. The molecule has 0 unspecified atom stereocenters. The Morgan fingerprint density at radius 2 is 1.20 bits per heavy atom. The van der Waals surface area contributed by atoms with E-state index in [0.717, 1.165) is 49.4 Å². The van der Waals surface area contributed by atoms with Gasteiger partial charge in [-0.05, 0) is 48.5 Å². The van der Waals surface area contributed by atoms with E-state index in [1.807, 2.05) is 30.3 Å². The molecule has 192 valence electrons. The summed E-state index contributed by atoms with van der Waals surface area (Å²) in [4.78, 5) is 5.30. The van der Waals surface area contributed by atoms with E-state index in [2.05, 4.69) is 125 Å². The molecule has 41 heavy (non-hydrogen) atoms. The number of imidazole rings is 1. The van der Waals surface area contributed by atoms with Gasteiger partial charge in [-0.15, -0.1) is 5.46 Å². The first kappa shape index (κ1) is 25.9. The fraction of sp³-hybridized carbons (Fsp3) is 0. The third-order valence-corrected chi connectivity index (χ3v) is 9.10. The molecule has 0 spiro atoms. The predicted molar refractivity (Wildman–Crippen MR) is 191 cm³/mol. The monoisotopic (exact) mass is 589 g/mol. The Hall–Kier alpha value is -4.03. The first-order chi connectivity index (χ1) is 19.8. The summed E-state index contributed by atoms with van der Waals surface area (Å²) >= 11 is 3.56. The van der Waals surface area contributed by atoms with E-state index in [4.69, 9.17) is 9.72 Å². The number of aromatic nitrogens is 3. The topological polar surface area (TPSA) is 32.0 Å². The van der Waals surface area contributed by atoms with Gasteiger partial charge in [0.2, 0.25) is 5.95 Å². The van der Waals surface area contributed by atoms with Crippen molar-refractivity contribution in [3.8, 4) is 23.1 Å². The van der Waals surface area contributed by atoms with Crippen molar-refractivity contribution in [2.24, 2.45) is 0 Å². The second-order valence-corrected chi connectivity index (χ2v) is 11.7. The zero-order chi connectivity index (χ0) is 28.4. The van der Waals surface area contributed by atoms with Crippen LogP contribution in [0.15, 0.2) is 95.5 Å². The first-order valence-corrected chi connectivity index (χ1v) is 14.6. The van der Waals surface area contributed by atoms with E-state index in [1.165, 1.54) is 38.4 Å². The zero-order valence-corrected chi connectivity index (χ0v) is 25.4. The Balaban J connectivity index is 1.58. The zero-order valence-electron chi connectivity index (χ0n) is 23.8. The number of fused-ring (bicyclic) bond motifs is 4. The van der Waals surface area contributed by atoms with Gasteiger partial charge in [0.05, 0.1) is 22.1 Å². The van der Waals surface area contributed by atoms with Gasteiger partial charge in [-0.2, -0.15) is 0 Å². The largest absolute Gasteiger partial charge is 0.457 e. The number of para-hydroxylation sites is 3. The maximum absolute atomic E-state index is 6.34. The van der Waals surface area contributed by atoms with Gasteiger partial charge in [-0.1, -0.05) is 74.2 Å². The Morgan fingerprint density at radius 3 is 1.95 bits per heavy atom. The minimum Gasteiger partial charge on any atom is -0.457 e. The summed E-state index contributed by atoms with van der Waals surface area (Å²) < 4.78 is 12.0. The minimum absolute atomic E-state index is 0.775. The molecule has 0 aliphatic carbocycles. The van der Waals surface area contributed by atoms with Gasteiger partial charge in [-0.25, -0.2) is 4.98 Å². The van der Waals surface area contributed by atoms with Crippen LogP contribution in [-0.2, 0) is 0 Å². The van der Waals surface area contributed by atoms with Crippen LogP contribution in [0, 0.1) is 0 Å². The van der Waals surface area contributed by atoms with Crippen molar-refractivity contribution >= 4 is 115 Å². The van der Waals surface area contributed by atoms with Crippen molar-refractivity contribution in [1.82, 2.24) is 14.1 Å². The van der Waals surface area contributed by atoms with Crippen LogP contribution in [-0.4, -0.2) is 53.3 Å². The highest BCUT2D eigenvalue weighted by atomic mass is 79.9. The highest BCUT2D eigenvalue weighted by molar-refractivity contribution is 9.10. The highest BCUT2D eigenvalue weighted by Crippen LogP contribution is 2.36. The van der Waals surface area contributed by atoms with Gasteiger partial charge < -0.3 is 4.74 Å². The van der Waals surface area contributed by atoms with Crippen LogP contribution in [0.1, 0.15) is 0 Å². The lowest BCUT2D eigenvalue weighted by atomic mass is 9.61. The van der Waals surface area contributed by atoms with Gasteiger partial charge >= 0.3 is 0 Å². The number of rotatable bonds is 4. The average Bonchev–Trinajstić information content (AvgIpc) is 3.50. The standard InChI is InChI=1S/C31H25B5BrN3O/c32-25-26(33)28(35)30(29(36)27(25)34)40-23-11-4-2-9-21(23)38-31(40)39-22-10-3-1-8-19(22)20-13-12-18(15-24(20)39)41-17-7-5-6-16(37)14-17/h1-15H,32-36H2. The average molecular weight is 590 g/mol. The van der Waals surface area contributed by atoms with Crippen molar-refractivity contribution in [2.45, 2.75) is 0 Å². The second kappa shape index (κ2) is 9.81. The van der Waals surface area contributed by atoms with E-state index in [-0.39, 0.29) is 0 Å². The second-order valence-electron chi connectivity index (χ2n) is 10.8. The number of benzene rings is 5. The Labute approximate surface area is 251 Å². The van der Waals surface area contributed by atoms with Crippen molar-refractivity contribution in [1.29, 1.82) is 0 Å². The molecule has 0 saturated carbocycles. The molecule has 0 N–H and O–H groups in total. The Kier molecular flexibility index (Phi) is 6.20. The summed E-state index contributed by atoms with van der Waals surface area (Å²) in [6.07, 6.45) is 0. The molecule has 7 aromatic rings. The molecular formula is C31H25B5BrN3O. The molecule has 7 rings (SSSR count). The molecule has 10 heteroatoms. The molecule has 0 radical (unpaired) electrons. The lowest BCUT2D eigenvalue weighted by molar-refractivity contribution is 0.483. The fourth-order valence-electron chi connectivity index (χ4n) is 6.10. The SMILES string of the molecule is Bc1c(B)c(B)c(-n2c(-n3c4ccccc4c4ccc(Oc5cccc(Br)c5)cc43)nc3ccccc32)c(B)c1B. The van der Waals surface area contributed by atoms with Crippen LogP contribution < -0.4 is 32.1 Å². The quantitative estimate of drug-likeness (QED) is 0.271. The molecule has 2 heterocycles. The maximum Gasteiger partial charge on any atom is 0.220 e. The summed E-state index contributed by atoms with van der Waals surface area (Å²) in [7, 11) is 11.1. The number of nitrogens with zero attached hydrogens (tertiary/aromatic N) is 3. The smallest absolute Gasteiger partial charge is 0.220 e. The summed E-state index contributed by atoms with van der Waals surface area (Å²) in [6, 6.07) is 31.3. The van der Waals surface area contributed by atoms with Crippen LogP contribution >= 0.6 is 15.9 Å². The Morgan fingerprint density at radius 1 is 0.561 bits per heavy atom. The van der Waals surface area contributed by atoms with E-state index in [0.29, 0.717) is 0 Å². The minimum atomic E-state index is 0.775. The van der Waals surface area contributed by atoms with Crippen molar-refractivity contribution in [3.05, 3.63) is 95.5 Å². The molecule has 0 amide bonds. The lowest BCUT2D eigenvalue weighted by Crippen LogP contribution is -2.56. The van der Waals surface area contributed by atoms with E-state index in [9.17, 15) is 0 Å². The Bertz CT molecular complexity index is 2140. The molecule has 2 aromatic heterocycles. The summed E-state index contributed by atoms with van der Waals surface area (Å²) in [5.41, 5.74) is 11.9. The van der Waals surface area contributed by atoms with Gasteiger partial charge in [-0.3, -0.25) is 9.13 Å². The van der Waals surface area contributed by atoms with Crippen LogP contribution in [0.4, 0.5) is 0 Å². The highest BCUT2D eigenvalue weighted by Gasteiger charge is 2.23. The normalized spacial score (nSPS) is 11.5. The van der Waals surface area contributed by atoms with Crippen molar-refractivity contribution < 1.29 is 4.74 Å². The summed E-state index contributed by atoms with van der Waals surface area (Å²) in [6.45, 7) is 0. The lowest BCUT2D eigenvalue weighted by Gasteiger charge is -2.23. The first-order valence-electron chi connectivity index (χ1n) is 13.9. The molecule has 0 fully saturated rings.